The van der Waals surface area contributed by atoms with Crippen molar-refractivity contribution in [3.63, 3.8) is 0 Å². The molecule has 7 heteroatoms. The van der Waals surface area contributed by atoms with Crippen molar-refractivity contribution >= 4 is 11.6 Å². The van der Waals surface area contributed by atoms with Crippen molar-refractivity contribution in [1.29, 1.82) is 0 Å². The second-order valence-corrected chi connectivity index (χ2v) is 5.25. The van der Waals surface area contributed by atoms with Crippen LogP contribution in [0.25, 0.3) is 0 Å². The molecule has 19 heavy (non-hydrogen) atoms. The zero-order valence-corrected chi connectivity index (χ0v) is 11.9. The van der Waals surface area contributed by atoms with E-state index in [1.807, 2.05) is 13.8 Å². The molecule has 3 nitrogen and oxygen atoms in total. The van der Waals surface area contributed by atoms with Crippen LogP contribution in [0, 0.1) is 0 Å². The highest BCUT2D eigenvalue weighted by molar-refractivity contribution is 6.30. The molecule has 1 aromatic heterocycles. The predicted octanol–water partition coefficient (Wildman–Crippen LogP) is 3.96. The molecule has 0 fully saturated rings. The Kier molecular flexibility index (Phi) is 5.26. The van der Waals surface area contributed by atoms with Gasteiger partial charge in [-0.3, -0.25) is 4.68 Å². The van der Waals surface area contributed by atoms with Gasteiger partial charge in [0, 0.05) is 19.0 Å². The number of aliphatic hydroxyl groups excluding tert-OH is 1. The summed E-state index contributed by atoms with van der Waals surface area (Å²) in [7, 11) is 1.64. The van der Waals surface area contributed by atoms with Gasteiger partial charge in [0.2, 0.25) is 0 Å². The summed E-state index contributed by atoms with van der Waals surface area (Å²) < 4.78 is 37.7. The molecule has 0 spiro atoms. The van der Waals surface area contributed by atoms with Gasteiger partial charge in [0.15, 0.2) is 0 Å². The lowest BCUT2D eigenvalue weighted by Crippen LogP contribution is -2.09. The molecule has 0 bridgehead atoms. The van der Waals surface area contributed by atoms with E-state index in [1.165, 1.54) is 4.68 Å². The van der Waals surface area contributed by atoms with E-state index < -0.39 is 18.7 Å². The Bertz CT molecular complexity index is 429. The Hall–Kier alpha value is -0.750. The number of nitrogens with zero attached hydrogens (tertiary/aromatic N) is 2. The van der Waals surface area contributed by atoms with E-state index in [-0.39, 0.29) is 23.9 Å². The van der Waals surface area contributed by atoms with Crippen LogP contribution in [0.1, 0.15) is 56.4 Å². The van der Waals surface area contributed by atoms with Crippen LogP contribution in [-0.2, 0) is 7.05 Å². The van der Waals surface area contributed by atoms with Crippen LogP contribution in [0.15, 0.2) is 0 Å². The minimum absolute atomic E-state index is 0.0185. The van der Waals surface area contributed by atoms with E-state index >= 15 is 0 Å². The summed E-state index contributed by atoms with van der Waals surface area (Å²) in [5.74, 6) is 0.0472. The lowest BCUT2D eigenvalue weighted by Gasteiger charge is -2.13. The molecule has 0 aliphatic rings. The van der Waals surface area contributed by atoms with Crippen LogP contribution in [0.2, 0.25) is 5.15 Å². The number of alkyl halides is 3. The molecule has 1 rings (SSSR count). The molecule has 0 saturated carbocycles. The minimum atomic E-state index is -4.20. The van der Waals surface area contributed by atoms with Gasteiger partial charge in [-0.15, -0.1) is 0 Å². The van der Waals surface area contributed by atoms with Crippen molar-refractivity contribution in [3.05, 3.63) is 16.4 Å². The third-order valence-electron chi connectivity index (χ3n) is 2.86. The number of hydrogen-bond donors (Lipinski definition) is 1. The quantitative estimate of drug-likeness (QED) is 0.893. The predicted molar refractivity (Wildman–Crippen MR) is 67.2 cm³/mol. The van der Waals surface area contributed by atoms with Gasteiger partial charge < -0.3 is 5.11 Å². The number of aliphatic hydroxyl groups is 1. The molecule has 0 aromatic carbocycles. The molecular formula is C12H18ClF3N2O. The fourth-order valence-electron chi connectivity index (χ4n) is 1.91. The zero-order chi connectivity index (χ0) is 14.8. The van der Waals surface area contributed by atoms with Crippen molar-refractivity contribution in [2.45, 2.75) is 51.3 Å². The van der Waals surface area contributed by atoms with Gasteiger partial charge in [-0.25, -0.2) is 0 Å². The van der Waals surface area contributed by atoms with Crippen molar-refractivity contribution < 1.29 is 18.3 Å². The molecule has 0 aliphatic heterocycles. The van der Waals surface area contributed by atoms with Gasteiger partial charge in [0.25, 0.3) is 0 Å². The monoisotopic (exact) mass is 298 g/mol. The second-order valence-electron chi connectivity index (χ2n) is 4.89. The van der Waals surface area contributed by atoms with Gasteiger partial charge >= 0.3 is 6.18 Å². The molecule has 0 saturated heterocycles. The fraction of sp³-hybridized carbons (Fsp3) is 0.750. The van der Waals surface area contributed by atoms with Crippen LogP contribution >= 0.6 is 11.6 Å². The van der Waals surface area contributed by atoms with Gasteiger partial charge in [0.05, 0.1) is 11.8 Å². The highest BCUT2D eigenvalue weighted by Gasteiger charge is 2.28. The van der Waals surface area contributed by atoms with E-state index in [0.29, 0.717) is 11.3 Å². The first kappa shape index (κ1) is 16.3. The van der Waals surface area contributed by atoms with Crippen LogP contribution in [-0.4, -0.2) is 21.1 Å². The number of aryl methyl sites for hydroxylation is 1. The molecule has 0 amide bonds. The number of hydrogen-bond acceptors (Lipinski definition) is 2. The summed E-state index contributed by atoms with van der Waals surface area (Å²) in [6.07, 6.45) is -6.22. The lowest BCUT2D eigenvalue weighted by atomic mass is 9.99. The van der Waals surface area contributed by atoms with E-state index in [2.05, 4.69) is 5.10 Å². The van der Waals surface area contributed by atoms with Crippen molar-refractivity contribution in [2.75, 3.05) is 0 Å². The first-order chi connectivity index (χ1) is 8.63. The van der Waals surface area contributed by atoms with E-state index in [9.17, 15) is 18.3 Å². The third-order valence-corrected chi connectivity index (χ3v) is 3.31. The van der Waals surface area contributed by atoms with Gasteiger partial charge in [-0.1, -0.05) is 25.4 Å². The highest BCUT2D eigenvalue weighted by Crippen LogP contribution is 2.34. The molecule has 1 unspecified atom stereocenters. The van der Waals surface area contributed by atoms with Gasteiger partial charge in [-0.05, 0) is 18.8 Å². The summed E-state index contributed by atoms with van der Waals surface area (Å²) in [6, 6.07) is 0. The molecule has 110 valence electrons. The summed E-state index contributed by atoms with van der Waals surface area (Å²) in [4.78, 5) is 0. The Morgan fingerprint density at radius 1 is 1.37 bits per heavy atom. The SMILES string of the molecule is CC(C)c1nn(C)c(Cl)c1C(O)CCCC(F)(F)F. The number of halogens is 4. The summed E-state index contributed by atoms with van der Waals surface area (Å²) in [5, 5.41) is 14.5. The average Bonchev–Trinajstić information content (AvgIpc) is 2.54. The fourth-order valence-corrected chi connectivity index (χ4v) is 2.17. The third kappa shape index (κ3) is 4.38. The maximum Gasteiger partial charge on any atom is 0.389 e. The summed E-state index contributed by atoms with van der Waals surface area (Å²) >= 11 is 6.04. The molecule has 1 atom stereocenters. The molecular weight excluding hydrogens is 281 g/mol. The molecule has 0 aliphatic carbocycles. The standard InChI is InChI=1S/C12H18ClF3N2O/c1-7(2)10-9(11(13)18(3)17-10)8(19)5-4-6-12(14,15)16/h7-8,19H,4-6H2,1-3H3. The number of rotatable bonds is 5. The largest absolute Gasteiger partial charge is 0.389 e. The first-order valence-electron chi connectivity index (χ1n) is 6.10. The van der Waals surface area contributed by atoms with E-state index in [4.69, 9.17) is 11.6 Å². The van der Waals surface area contributed by atoms with Crippen molar-refractivity contribution in [2.24, 2.45) is 7.05 Å². The Morgan fingerprint density at radius 3 is 2.42 bits per heavy atom. The summed E-state index contributed by atoms with van der Waals surface area (Å²) in [6.45, 7) is 3.79. The van der Waals surface area contributed by atoms with Crippen LogP contribution < -0.4 is 0 Å². The minimum Gasteiger partial charge on any atom is -0.388 e. The maximum absolute atomic E-state index is 12.1. The van der Waals surface area contributed by atoms with Gasteiger partial charge in [0.1, 0.15) is 5.15 Å². The van der Waals surface area contributed by atoms with Crippen LogP contribution in [0.4, 0.5) is 13.2 Å². The normalized spacial score (nSPS) is 14.2. The van der Waals surface area contributed by atoms with E-state index in [1.54, 1.807) is 7.05 Å². The molecule has 1 N–H and O–H groups in total. The van der Waals surface area contributed by atoms with Crippen molar-refractivity contribution in [3.8, 4) is 0 Å². The smallest absolute Gasteiger partial charge is 0.388 e. The Labute approximate surface area is 115 Å². The maximum atomic E-state index is 12.1. The lowest BCUT2D eigenvalue weighted by molar-refractivity contribution is -0.136. The van der Waals surface area contributed by atoms with Crippen LogP contribution in [0.5, 0.6) is 0 Å². The molecule has 1 aromatic rings. The highest BCUT2D eigenvalue weighted by atomic mass is 35.5. The Morgan fingerprint density at radius 2 is 1.95 bits per heavy atom. The Balaban J connectivity index is 2.79. The second kappa shape index (κ2) is 6.13. The zero-order valence-electron chi connectivity index (χ0n) is 11.1. The summed E-state index contributed by atoms with van der Waals surface area (Å²) in [5.41, 5.74) is 1.08. The van der Waals surface area contributed by atoms with Crippen molar-refractivity contribution in [1.82, 2.24) is 9.78 Å². The first-order valence-corrected chi connectivity index (χ1v) is 6.48. The van der Waals surface area contributed by atoms with Gasteiger partial charge in [-0.2, -0.15) is 18.3 Å². The number of aromatic nitrogens is 2. The van der Waals surface area contributed by atoms with Crippen LogP contribution in [0.3, 0.4) is 0 Å². The van der Waals surface area contributed by atoms with E-state index in [0.717, 1.165) is 0 Å². The average molecular weight is 299 g/mol. The molecule has 0 radical (unpaired) electrons. The topological polar surface area (TPSA) is 38.0 Å². The molecule has 1 heterocycles.